The fourth-order valence-electron chi connectivity index (χ4n) is 2.68. The van der Waals surface area contributed by atoms with Crippen molar-refractivity contribution in [1.82, 2.24) is 0 Å². The summed E-state index contributed by atoms with van der Waals surface area (Å²) in [5.41, 5.74) is 6.78. The molecule has 0 amide bonds. The number of anilines is 1. The van der Waals surface area contributed by atoms with E-state index in [0.717, 1.165) is 5.92 Å². The summed E-state index contributed by atoms with van der Waals surface area (Å²) in [5, 5.41) is 9.04. The summed E-state index contributed by atoms with van der Waals surface area (Å²) in [6, 6.07) is 7.36. The zero-order valence-electron chi connectivity index (χ0n) is 10.9. The zero-order valence-corrected chi connectivity index (χ0v) is 10.9. The second kappa shape index (κ2) is 5.77. The van der Waals surface area contributed by atoms with Crippen LogP contribution in [0.4, 0.5) is 5.69 Å². The maximum atomic E-state index is 9.04. The molecule has 1 aromatic rings. The normalized spacial score (nSPS) is 23.3. The molecule has 2 N–H and O–H groups in total. The third-order valence-corrected chi connectivity index (χ3v) is 3.64. The predicted molar refractivity (Wildman–Crippen MR) is 72.2 cm³/mol. The highest BCUT2D eigenvalue weighted by Crippen LogP contribution is 2.29. The zero-order chi connectivity index (χ0) is 13.0. The average molecular weight is 244 g/mol. The van der Waals surface area contributed by atoms with Crippen LogP contribution in [-0.4, -0.2) is 6.61 Å². The molecule has 3 nitrogen and oxygen atoms in total. The van der Waals surface area contributed by atoms with Crippen molar-refractivity contribution in [3.63, 3.8) is 0 Å². The van der Waals surface area contributed by atoms with Crippen LogP contribution in [0.5, 0.6) is 5.75 Å². The summed E-state index contributed by atoms with van der Waals surface area (Å²) in [4.78, 5) is 0. The molecule has 0 heterocycles. The fourth-order valence-corrected chi connectivity index (χ4v) is 2.68. The van der Waals surface area contributed by atoms with Gasteiger partial charge in [-0.25, -0.2) is 0 Å². The van der Waals surface area contributed by atoms with E-state index in [1.165, 1.54) is 25.7 Å². The number of benzene rings is 1. The molecule has 0 aromatic heterocycles. The lowest BCUT2D eigenvalue weighted by Gasteiger charge is -2.26. The molecular formula is C15H20N2O. The van der Waals surface area contributed by atoms with Crippen molar-refractivity contribution in [1.29, 1.82) is 5.26 Å². The third kappa shape index (κ3) is 3.16. The average Bonchev–Trinajstić information content (AvgIpc) is 2.37. The van der Waals surface area contributed by atoms with E-state index in [1.54, 1.807) is 18.2 Å². The van der Waals surface area contributed by atoms with Crippen LogP contribution in [0.2, 0.25) is 0 Å². The molecule has 1 fully saturated rings. The van der Waals surface area contributed by atoms with Gasteiger partial charge in [0.2, 0.25) is 0 Å². The Morgan fingerprint density at radius 2 is 2.28 bits per heavy atom. The summed E-state index contributed by atoms with van der Waals surface area (Å²) in [6.07, 6.45) is 5.10. The van der Waals surface area contributed by atoms with Crippen molar-refractivity contribution >= 4 is 5.69 Å². The van der Waals surface area contributed by atoms with E-state index in [2.05, 4.69) is 13.0 Å². The summed E-state index contributed by atoms with van der Waals surface area (Å²) in [7, 11) is 0. The van der Waals surface area contributed by atoms with Crippen molar-refractivity contribution in [2.75, 3.05) is 12.3 Å². The highest BCUT2D eigenvalue weighted by atomic mass is 16.5. The van der Waals surface area contributed by atoms with E-state index in [0.29, 0.717) is 29.5 Å². The number of hydrogen-bond acceptors (Lipinski definition) is 3. The van der Waals surface area contributed by atoms with Crippen LogP contribution in [0.3, 0.4) is 0 Å². The van der Waals surface area contributed by atoms with Crippen molar-refractivity contribution < 1.29 is 4.74 Å². The van der Waals surface area contributed by atoms with E-state index >= 15 is 0 Å². The van der Waals surface area contributed by atoms with Gasteiger partial charge in [-0.15, -0.1) is 0 Å². The van der Waals surface area contributed by atoms with Gasteiger partial charge in [-0.3, -0.25) is 0 Å². The van der Waals surface area contributed by atoms with Gasteiger partial charge < -0.3 is 10.5 Å². The minimum Gasteiger partial charge on any atom is -0.492 e. The molecule has 0 aliphatic heterocycles. The number of nitrogen functional groups attached to an aromatic ring is 1. The molecule has 18 heavy (non-hydrogen) atoms. The molecule has 96 valence electrons. The maximum absolute atomic E-state index is 9.04. The van der Waals surface area contributed by atoms with E-state index in [-0.39, 0.29) is 0 Å². The molecule has 2 atom stereocenters. The second-order valence-electron chi connectivity index (χ2n) is 5.32. The van der Waals surface area contributed by atoms with Gasteiger partial charge in [0.1, 0.15) is 11.8 Å². The largest absolute Gasteiger partial charge is 0.492 e. The lowest BCUT2D eigenvalue weighted by Crippen LogP contribution is -2.19. The Morgan fingerprint density at radius 1 is 1.44 bits per heavy atom. The van der Waals surface area contributed by atoms with Crippen molar-refractivity contribution in [3.8, 4) is 11.8 Å². The molecule has 1 aliphatic carbocycles. The Kier molecular flexibility index (Phi) is 4.09. The molecule has 0 spiro atoms. The van der Waals surface area contributed by atoms with Gasteiger partial charge in [0.05, 0.1) is 12.2 Å². The van der Waals surface area contributed by atoms with E-state index in [1.807, 2.05) is 0 Å². The fraction of sp³-hybridized carbons (Fsp3) is 0.533. The van der Waals surface area contributed by atoms with Gasteiger partial charge in [0.15, 0.2) is 0 Å². The monoisotopic (exact) mass is 244 g/mol. The lowest BCUT2D eigenvalue weighted by atomic mass is 9.83. The maximum Gasteiger partial charge on any atom is 0.137 e. The second-order valence-corrected chi connectivity index (χ2v) is 5.32. The van der Waals surface area contributed by atoms with E-state index < -0.39 is 0 Å². The predicted octanol–water partition coefficient (Wildman–Crippen LogP) is 3.35. The van der Waals surface area contributed by atoms with Crippen LogP contribution in [-0.2, 0) is 0 Å². The minimum absolute atomic E-state index is 0.527. The molecule has 3 heteroatoms. The first-order chi connectivity index (χ1) is 8.69. The van der Waals surface area contributed by atoms with Crippen LogP contribution in [0.15, 0.2) is 18.2 Å². The number of ether oxygens (including phenoxy) is 1. The first kappa shape index (κ1) is 12.8. The van der Waals surface area contributed by atoms with Crippen LogP contribution < -0.4 is 10.5 Å². The number of rotatable bonds is 3. The summed E-state index contributed by atoms with van der Waals surface area (Å²) >= 11 is 0. The number of nitrogens with zero attached hydrogens (tertiary/aromatic N) is 1. The molecular weight excluding hydrogens is 224 g/mol. The standard InChI is InChI=1S/C15H20N2O/c1-11-3-2-4-12(7-11)10-18-15-6-5-14(17)8-13(15)9-16/h5-6,8,11-12H,2-4,7,10,17H2,1H3. The van der Waals surface area contributed by atoms with Gasteiger partial charge in [-0.05, 0) is 42.9 Å². The van der Waals surface area contributed by atoms with Crippen LogP contribution in [0.1, 0.15) is 38.2 Å². The summed E-state index contributed by atoms with van der Waals surface area (Å²) in [5.74, 6) is 2.08. The van der Waals surface area contributed by atoms with Gasteiger partial charge in [0, 0.05) is 5.69 Å². The van der Waals surface area contributed by atoms with Crippen LogP contribution in [0.25, 0.3) is 0 Å². The Balaban J connectivity index is 1.96. The minimum atomic E-state index is 0.527. The van der Waals surface area contributed by atoms with Crippen molar-refractivity contribution in [2.45, 2.75) is 32.6 Å². The smallest absolute Gasteiger partial charge is 0.137 e. The molecule has 2 unspecified atom stereocenters. The van der Waals surface area contributed by atoms with Gasteiger partial charge in [-0.1, -0.05) is 19.8 Å². The highest BCUT2D eigenvalue weighted by Gasteiger charge is 2.19. The topological polar surface area (TPSA) is 59.0 Å². The van der Waals surface area contributed by atoms with E-state index in [4.69, 9.17) is 15.7 Å². The quantitative estimate of drug-likeness (QED) is 0.829. The first-order valence-corrected chi connectivity index (χ1v) is 6.61. The highest BCUT2D eigenvalue weighted by molar-refractivity contribution is 5.53. The summed E-state index contributed by atoms with van der Waals surface area (Å²) < 4.78 is 5.79. The molecule has 0 saturated heterocycles. The number of nitriles is 1. The third-order valence-electron chi connectivity index (χ3n) is 3.64. The SMILES string of the molecule is CC1CCCC(COc2ccc(N)cc2C#N)C1. The van der Waals surface area contributed by atoms with Crippen LogP contribution in [0, 0.1) is 23.2 Å². The van der Waals surface area contributed by atoms with E-state index in [9.17, 15) is 0 Å². The van der Waals surface area contributed by atoms with Crippen molar-refractivity contribution in [3.05, 3.63) is 23.8 Å². The van der Waals surface area contributed by atoms with Gasteiger partial charge >= 0.3 is 0 Å². The molecule has 0 radical (unpaired) electrons. The van der Waals surface area contributed by atoms with Gasteiger partial charge in [-0.2, -0.15) is 5.26 Å². The van der Waals surface area contributed by atoms with Crippen molar-refractivity contribution in [2.24, 2.45) is 11.8 Å². The Morgan fingerprint density at radius 3 is 3.00 bits per heavy atom. The lowest BCUT2D eigenvalue weighted by molar-refractivity contribution is 0.182. The Bertz CT molecular complexity index is 450. The molecule has 2 rings (SSSR count). The number of nitrogens with two attached hydrogens (primary N) is 1. The Labute approximate surface area is 109 Å². The molecule has 1 aliphatic rings. The van der Waals surface area contributed by atoms with Gasteiger partial charge in [0.25, 0.3) is 0 Å². The first-order valence-electron chi connectivity index (χ1n) is 6.61. The van der Waals surface area contributed by atoms with Crippen LogP contribution >= 0.6 is 0 Å². The molecule has 1 saturated carbocycles. The number of hydrogen-bond donors (Lipinski definition) is 1. The summed E-state index contributed by atoms with van der Waals surface area (Å²) in [6.45, 7) is 3.01. The molecule has 0 bridgehead atoms. The Hall–Kier alpha value is -1.69. The molecule has 1 aromatic carbocycles.